The van der Waals surface area contributed by atoms with Crippen LogP contribution in [0.1, 0.15) is 12.5 Å². The molecule has 1 fully saturated rings. The summed E-state index contributed by atoms with van der Waals surface area (Å²) in [5.74, 6) is 0. The largest absolute Gasteiger partial charge is 0.374 e. The number of ether oxygens (including phenoxy) is 1. The highest BCUT2D eigenvalue weighted by Gasteiger charge is 2.26. The topological polar surface area (TPSA) is 15.7 Å². The number of benzene rings is 1. The molecule has 3 heteroatoms. The molecule has 1 aromatic rings. The maximum Gasteiger partial charge on any atom is 0.0829 e. The van der Waals surface area contributed by atoms with Crippen molar-refractivity contribution in [1.29, 1.82) is 0 Å². The molecule has 0 aromatic heterocycles. The van der Waals surface area contributed by atoms with Gasteiger partial charge in [0.2, 0.25) is 0 Å². The summed E-state index contributed by atoms with van der Waals surface area (Å²) in [6, 6.07) is 11.2. The van der Waals surface area contributed by atoms with E-state index in [0.717, 1.165) is 26.2 Å². The van der Waals surface area contributed by atoms with E-state index in [2.05, 4.69) is 61.2 Å². The number of likely N-dealkylation sites (N-methyl/N-ethyl adjacent to an activating group) is 1. The molecule has 0 unspecified atom stereocenters. The first kappa shape index (κ1) is 13.5. The molecule has 0 N–H and O–H groups in total. The third-order valence-electron chi connectivity index (χ3n) is 3.43. The minimum absolute atomic E-state index is 0.333. The smallest absolute Gasteiger partial charge is 0.0829 e. The van der Waals surface area contributed by atoms with Gasteiger partial charge in [0.15, 0.2) is 0 Å². The van der Waals surface area contributed by atoms with Crippen LogP contribution in [0.5, 0.6) is 0 Å². The van der Waals surface area contributed by atoms with E-state index in [4.69, 9.17) is 4.74 Å². The fraction of sp³-hybridized carbons (Fsp3) is 0.600. The summed E-state index contributed by atoms with van der Waals surface area (Å²) in [7, 11) is 4.20. The molecule has 0 saturated carbocycles. The van der Waals surface area contributed by atoms with Crippen LogP contribution in [-0.2, 0) is 11.3 Å². The molecule has 2 atom stereocenters. The normalized spacial score (nSPS) is 25.6. The molecule has 1 aliphatic rings. The lowest BCUT2D eigenvalue weighted by atomic mass is 10.1. The van der Waals surface area contributed by atoms with Gasteiger partial charge in [0.1, 0.15) is 0 Å². The maximum atomic E-state index is 5.89. The van der Waals surface area contributed by atoms with Gasteiger partial charge >= 0.3 is 0 Å². The van der Waals surface area contributed by atoms with Crippen LogP contribution in [0.2, 0.25) is 0 Å². The van der Waals surface area contributed by atoms with Crippen LogP contribution in [0.3, 0.4) is 0 Å². The van der Waals surface area contributed by atoms with Crippen LogP contribution in [0, 0.1) is 0 Å². The standard InChI is InChI=1S/C15H24N2O/c1-13-12-18-15(10-16(2)3)11-17(13)9-14-7-5-4-6-8-14/h4-8,13,15H,9-12H2,1-3H3/t13-,15+/m1/s1. The average Bonchev–Trinajstić information content (AvgIpc) is 2.34. The lowest BCUT2D eigenvalue weighted by Gasteiger charge is -2.38. The molecule has 3 nitrogen and oxygen atoms in total. The zero-order valence-corrected chi connectivity index (χ0v) is 11.7. The van der Waals surface area contributed by atoms with Crippen LogP contribution in [0.15, 0.2) is 30.3 Å². The highest BCUT2D eigenvalue weighted by Crippen LogP contribution is 2.15. The Morgan fingerprint density at radius 1 is 1.28 bits per heavy atom. The number of morpholine rings is 1. The van der Waals surface area contributed by atoms with Crippen LogP contribution < -0.4 is 0 Å². The van der Waals surface area contributed by atoms with Crippen molar-refractivity contribution in [3.63, 3.8) is 0 Å². The second-order valence-corrected chi connectivity index (χ2v) is 5.48. The fourth-order valence-electron chi connectivity index (χ4n) is 2.43. The Labute approximate surface area is 110 Å². The molecular weight excluding hydrogens is 224 g/mol. The second kappa shape index (κ2) is 6.32. The summed E-state index contributed by atoms with van der Waals surface area (Å²) in [5.41, 5.74) is 1.38. The Morgan fingerprint density at radius 3 is 2.67 bits per heavy atom. The lowest BCUT2D eigenvalue weighted by molar-refractivity contribution is -0.0687. The van der Waals surface area contributed by atoms with Crippen LogP contribution >= 0.6 is 0 Å². The van der Waals surface area contributed by atoms with E-state index in [1.807, 2.05) is 0 Å². The quantitative estimate of drug-likeness (QED) is 0.808. The Balaban J connectivity index is 1.93. The first-order valence-corrected chi connectivity index (χ1v) is 6.69. The second-order valence-electron chi connectivity index (χ2n) is 5.48. The zero-order chi connectivity index (χ0) is 13.0. The molecule has 1 aliphatic heterocycles. The summed E-state index contributed by atoms with van der Waals surface area (Å²) in [6.07, 6.45) is 0.333. The third kappa shape index (κ3) is 3.80. The van der Waals surface area contributed by atoms with E-state index in [0.29, 0.717) is 12.1 Å². The van der Waals surface area contributed by atoms with Crippen molar-refractivity contribution in [3.05, 3.63) is 35.9 Å². The number of hydrogen-bond donors (Lipinski definition) is 0. The Hall–Kier alpha value is -0.900. The number of hydrogen-bond acceptors (Lipinski definition) is 3. The predicted octanol–water partition coefficient (Wildman–Crippen LogP) is 1.84. The molecule has 18 heavy (non-hydrogen) atoms. The Kier molecular flexibility index (Phi) is 4.75. The Bertz CT molecular complexity index is 353. The van der Waals surface area contributed by atoms with Gasteiger partial charge in [-0.05, 0) is 26.6 Å². The molecule has 1 heterocycles. The van der Waals surface area contributed by atoms with Crippen LogP contribution in [0.25, 0.3) is 0 Å². The van der Waals surface area contributed by atoms with Gasteiger partial charge in [-0.2, -0.15) is 0 Å². The third-order valence-corrected chi connectivity index (χ3v) is 3.43. The predicted molar refractivity (Wildman–Crippen MR) is 74.6 cm³/mol. The first-order valence-electron chi connectivity index (χ1n) is 6.69. The molecule has 1 aromatic carbocycles. The van der Waals surface area contributed by atoms with Gasteiger partial charge in [-0.25, -0.2) is 0 Å². The Morgan fingerprint density at radius 2 is 2.00 bits per heavy atom. The molecule has 0 spiro atoms. The summed E-state index contributed by atoms with van der Waals surface area (Å²) >= 11 is 0. The van der Waals surface area contributed by atoms with E-state index in [1.165, 1.54) is 5.56 Å². The van der Waals surface area contributed by atoms with Crippen LogP contribution in [-0.4, -0.2) is 55.7 Å². The van der Waals surface area contributed by atoms with Crippen molar-refractivity contribution in [2.75, 3.05) is 33.8 Å². The van der Waals surface area contributed by atoms with Crippen molar-refractivity contribution >= 4 is 0 Å². The molecule has 2 rings (SSSR count). The van der Waals surface area contributed by atoms with Crippen molar-refractivity contribution in [2.24, 2.45) is 0 Å². The van der Waals surface area contributed by atoms with E-state index in [9.17, 15) is 0 Å². The summed E-state index contributed by atoms with van der Waals surface area (Å²) in [6.45, 7) is 6.13. The van der Waals surface area contributed by atoms with Crippen molar-refractivity contribution in [3.8, 4) is 0 Å². The van der Waals surface area contributed by atoms with Gasteiger partial charge in [0.05, 0.1) is 12.7 Å². The van der Waals surface area contributed by atoms with Crippen molar-refractivity contribution in [1.82, 2.24) is 9.80 Å². The number of rotatable bonds is 4. The van der Waals surface area contributed by atoms with Gasteiger partial charge in [-0.15, -0.1) is 0 Å². The van der Waals surface area contributed by atoms with Gasteiger partial charge in [0.25, 0.3) is 0 Å². The highest BCUT2D eigenvalue weighted by atomic mass is 16.5. The summed E-state index contributed by atoms with van der Waals surface area (Å²) in [5, 5.41) is 0. The molecule has 0 radical (unpaired) electrons. The lowest BCUT2D eigenvalue weighted by Crippen LogP contribution is -2.50. The fourth-order valence-corrected chi connectivity index (χ4v) is 2.43. The monoisotopic (exact) mass is 248 g/mol. The van der Waals surface area contributed by atoms with Gasteiger partial charge in [-0.3, -0.25) is 4.90 Å². The molecule has 0 aliphatic carbocycles. The van der Waals surface area contributed by atoms with E-state index in [1.54, 1.807) is 0 Å². The van der Waals surface area contributed by atoms with E-state index < -0.39 is 0 Å². The van der Waals surface area contributed by atoms with E-state index in [-0.39, 0.29) is 0 Å². The average molecular weight is 248 g/mol. The zero-order valence-electron chi connectivity index (χ0n) is 11.7. The molecule has 0 amide bonds. The minimum atomic E-state index is 0.333. The number of nitrogens with zero attached hydrogens (tertiary/aromatic N) is 2. The SMILES string of the molecule is C[C@@H]1CO[C@@H](CN(C)C)CN1Cc1ccccc1. The van der Waals surface area contributed by atoms with Gasteiger partial charge in [0, 0.05) is 25.7 Å². The highest BCUT2D eigenvalue weighted by molar-refractivity contribution is 5.14. The minimum Gasteiger partial charge on any atom is -0.374 e. The van der Waals surface area contributed by atoms with Crippen LogP contribution in [0.4, 0.5) is 0 Å². The molecule has 100 valence electrons. The molecule has 1 saturated heterocycles. The molecule has 0 bridgehead atoms. The maximum absolute atomic E-state index is 5.89. The van der Waals surface area contributed by atoms with Gasteiger partial charge < -0.3 is 9.64 Å². The van der Waals surface area contributed by atoms with Gasteiger partial charge in [-0.1, -0.05) is 30.3 Å². The summed E-state index contributed by atoms with van der Waals surface area (Å²) < 4.78 is 5.89. The summed E-state index contributed by atoms with van der Waals surface area (Å²) in [4.78, 5) is 4.72. The van der Waals surface area contributed by atoms with Crippen molar-refractivity contribution < 1.29 is 4.74 Å². The van der Waals surface area contributed by atoms with Crippen molar-refractivity contribution in [2.45, 2.75) is 25.6 Å². The van der Waals surface area contributed by atoms with E-state index >= 15 is 0 Å². The molecular formula is C15H24N2O. The first-order chi connectivity index (χ1) is 8.65.